The highest BCUT2D eigenvalue weighted by molar-refractivity contribution is 5.76. The number of amides is 1. The Bertz CT molecular complexity index is 493. The summed E-state index contributed by atoms with van der Waals surface area (Å²) in [6.45, 7) is 3.54. The predicted octanol–water partition coefficient (Wildman–Crippen LogP) is 0.850. The van der Waals surface area contributed by atoms with E-state index in [0.29, 0.717) is 13.0 Å². The van der Waals surface area contributed by atoms with Crippen LogP contribution in [0.4, 0.5) is 0 Å². The Balaban J connectivity index is 1.69. The van der Waals surface area contributed by atoms with Crippen LogP contribution in [0.3, 0.4) is 0 Å². The van der Waals surface area contributed by atoms with Crippen LogP contribution in [0, 0.1) is 0 Å². The van der Waals surface area contributed by atoms with Gasteiger partial charge in [-0.2, -0.15) is 5.10 Å². The number of nitrogens with one attached hydrogen (secondary N) is 1. The summed E-state index contributed by atoms with van der Waals surface area (Å²) in [4.78, 5) is 19.8. The predicted molar refractivity (Wildman–Crippen MR) is 73.7 cm³/mol. The van der Waals surface area contributed by atoms with Crippen LogP contribution in [-0.4, -0.2) is 36.3 Å². The number of nitrogens with zero attached hydrogens (tertiary/aromatic N) is 5. The first-order valence-corrected chi connectivity index (χ1v) is 6.85. The summed E-state index contributed by atoms with van der Waals surface area (Å²) in [6.07, 6.45) is 10.7. The topological polar surface area (TPSA) is 77.6 Å². The summed E-state index contributed by atoms with van der Waals surface area (Å²) in [6, 6.07) is 0.142. The normalized spacial score (nSPS) is 12.2. The van der Waals surface area contributed by atoms with E-state index in [9.17, 15) is 4.79 Å². The molecule has 20 heavy (non-hydrogen) atoms. The SMILES string of the molecule is CC[C@@H](Cn1ccnc1)NC(=O)CCCn1cncn1. The molecule has 0 aliphatic heterocycles. The maximum Gasteiger partial charge on any atom is 0.220 e. The van der Waals surface area contributed by atoms with Crippen LogP contribution in [0.25, 0.3) is 0 Å². The third kappa shape index (κ3) is 4.49. The van der Waals surface area contributed by atoms with Crippen LogP contribution >= 0.6 is 0 Å². The summed E-state index contributed by atoms with van der Waals surface area (Å²) in [5, 5.41) is 7.06. The van der Waals surface area contributed by atoms with Gasteiger partial charge in [-0.1, -0.05) is 6.92 Å². The lowest BCUT2D eigenvalue weighted by Gasteiger charge is -2.17. The molecule has 7 nitrogen and oxygen atoms in total. The Kier molecular flexibility index (Phi) is 5.28. The van der Waals surface area contributed by atoms with E-state index in [4.69, 9.17) is 0 Å². The van der Waals surface area contributed by atoms with Gasteiger partial charge in [0.1, 0.15) is 12.7 Å². The van der Waals surface area contributed by atoms with Gasteiger partial charge in [-0.05, 0) is 12.8 Å². The Morgan fingerprint density at radius 3 is 2.90 bits per heavy atom. The van der Waals surface area contributed by atoms with E-state index in [0.717, 1.165) is 19.4 Å². The summed E-state index contributed by atoms with van der Waals surface area (Å²) in [5.74, 6) is 0.0806. The largest absolute Gasteiger partial charge is 0.352 e. The molecule has 1 N–H and O–H groups in total. The van der Waals surface area contributed by atoms with E-state index in [2.05, 4.69) is 27.3 Å². The Morgan fingerprint density at radius 2 is 2.25 bits per heavy atom. The molecule has 0 fully saturated rings. The van der Waals surface area contributed by atoms with Crippen molar-refractivity contribution in [2.75, 3.05) is 0 Å². The molecule has 2 rings (SSSR count). The summed E-state index contributed by atoms with van der Waals surface area (Å²) < 4.78 is 3.71. The van der Waals surface area contributed by atoms with E-state index < -0.39 is 0 Å². The van der Waals surface area contributed by atoms with Gasteiger partial charge in [0.25, 0.3) is 0 Å². The van der Waals surface area contributed by atoms with Crippen molar-refractivity contribution in [3.8, 4) is 0 Å². The molecular formula is C13H20N6O. The monoisotopic (exact) mass is 276 g/mol. The molecule has 0 saturated heterocycles. The Hall–Kier alpha value is -2.18. The Labute approximate surface area is 118 Å². The number of aryl methyl sites for hydroxylation is 1. The molecule has 1 amide bonds. The standard InChI is InChI=1S/C13H20N6O/c1-2-12(8-18-7-5-14-10-18)17-13(20)4-3-6-19-11-15-9-16-19/h5,7,9-12H,2-4,6,8H2,1H3,(H,17,20)/t12-/m0/s1. The van der Waals surface area contributed by atoms with E-state index in [-0.39, 0.29) is 11.9 Å². The molecule has 7 heteroatoms. The van der Waals surface area contributed by atoms with Gasteiger partial charge >= 0.3 is 0 Å². The van der Waals surface area contributed by atoms with Crippen LogP contribution in [0.2, 0.25) is 0 Å². The van der Waals surface area contributed by atoms with Crippen LogP contribution in [0.1, 0.15) is 26.2 Å². The molecule has 0 unspecified atom stereocenters. The number of imidazole rings is 1. The third-order valence-corrected chi connectivity index (χ3v) is 3.11. The lowest BCUT2D eigenvalue weighted by Crippen LogP contribution is -2.37. The van der Waals surface area contributed by atoms with E-state index in [1.54, 1.807) is 23.5 Å². The van der Waals surface area contributed by atoms with Crippen LogP contribution in [-0.2, 0) is 17.9 Å². The average Bonchev–Trinajstić information content (AvgIpc) is 3.11. The van der Waals surface area contributed by atoms with Crippen LogP contribution in [0.15, 0.2) is 31.4 Å². The van der Waals surface area contributed by atoms with Gasteiger partial charge in [-0.25, -0.2) is 9.97 Å². The maximum absolute atomic E-state index is 11.9. The lowest BCUT2D eigenvalue weighted by atomic mass is 10.2. The first kappa shape index (κ1) is 14.2. The fourth-order valence-corrected chi connectivity index (χ4v) is 1.98. The zero-order valence-corrected chi connectivity index (χ0v) is 11.6. The number of hydrogen-bond donors (Lipinski definition) is 1. The molecule has 0 aliphatic carbocycles. The first-order chi connectivity index (χ1) is 9.78. The van der Waals surface area contributed by atoms with Gasteiger partial charge in [0, 0.05) is 37.9 Å². The smallest absolute Gasteiger partial charge is 0.220 e. The molecule has 1 atom stereocenters. The van der Waals surface area contributed by atoms with Crippen molar-refractivity contribution in [1.82, 2.24) is 29.6 Å². The summed E-state index contributed by atoms with van der Waals surface area (Å²) in [7, 11) is 0. The molecule has 2 aromatic heterocycles. The lowest BCUT2D eigenvalue weighted by molar-refractivity contribution is -0.122. The van der Waals surface area contributed by atoms with E-state index in [1.807, 2.05) is 10.8 Å². The average molecular weight is 276 g/mol. The molecule has 0 saturated carbocycles. The minimum absolute atomic E-state index is 0.0806. The highest BCUT2D eigenvalue weighted by atomic mass is 16.1. The number of carbonyl (C=O) groups excluding carboxylic acids is 1. The van der Waals surface area contributed by atoms with Crippen molar-refractivity contribution in [2.24, 2.45) is 0 Å². The molecule has 0 aromatic carbocycles. The van der Waals surface area contributed by atoms with Gasteiger partial charge in [-0.15, -0.1) is 0 Å². The third-order valence-electron chi connectivity index (χ3n) is 3.11. The highest BCUT2D eigenvalue weighted by Gasteiger charge is 2.10. The molecule has 0 radical (unpaired) electrons. The first-order valence-electron chi connectivity index (χ1n) is 6.85. The van der Waals surface area contributed by atoms with E-state index in [1.165, 1.54) is 6.33 Å². The van der Waals surface area contributed by atoms with Gasteiger partial charge in [0.15, 0.2) is 0 Å². The van der Waals surface area contributed by atoms with Crippen molar-refractivity contribution >= 4 is 5.91 Å². The van der Waals surface area contributed by atoms with Crippen molar-refractivity contribution < 1.29 is 4.79 Å². The quantitative estimate of drug-likeness (QED) is 0.775. The fraction of sp³-hybridized carbons (Fsp3) is 0.538. The molecule has 2 heterocycles. The molecular weight excluding hydrogens is 256 g/mol. The second-order valence-electron chi connectivity index (χ2n) is 4.69. The van der Waals surface area contributed by atoms with Crippen LogP contribution in [0.5, 0.6) is 0 Å². The number of aromatic nitrogens is 5. The summed E-state index contributed by atoms with van der Waals surface area (Å²) in [5.41, 5.74) is 0. The zero-order valence-electron chi connectivity index (χ0n) is 11.6. The van der Waals surface area contributed by atoms with Crippen molar-refractivity contribution in [3.63, 3.8) is 0 Å². The zero-order chi connectivity index (χ0) is 14.2. The molecule has 108 valence electrons. The van der Waals surface area contributed by atoms with E-state index >= 15 is 0 Å². The van der Waals surface area contributed by atoms with Crippen molar-refractivity contribution in [2.45, 2.75) is 45.3 Å². The second kappa shape index (κ2) is 7.42. The maximum atomic E-state index is 11.9. The second-order valence-corrected chi connectivity index (χ2v) is 4.69. The molecule has 0 aliphatic rings. The van der Waals surface area contributed by atoms with Gasteiger partial charge < -0.3 is 9.88 Å². The van der Waals surface area contributed by atoms with Gasteiger partial charge in [0.2, 0.25) is 5.91 Å². The molecule has 0 bridgehead atoms. The number of rotatable bonds is 8. The summed E-state index contributed by atoms with van der Waals surface area (Å²) >= 11 is 0. The number of carbonyl (C=O) groups is 1. The van der Waals surface area contributed by atoms with Crippen molar-refractivity contribution in [1.29, 1.82) is 0 Å². The molecule has 0 spiro atoms. The molecule has 2 aromatic rings. The highest BCUT2D eigenvalue weighted by Crippen LogP contribution is 2.00. The Morgan fingerprint density at radius 1 is 1.35 bits per heavy atom. The van der Waals surface area contributed by atoms with Gasteiger partial charge in [-0.3, -0.25) is 9.48 Å². The van der Waals surface area contributed by atoms with Gasteiger partial charge in [0.05, 0.1) is 6.33 Å². The fourth-order valence-electron chi connectivity index (χ4n) is 1.98. The van der Waals surface area contributed by atoms with Crippen LogP contribution < -0.4 is 5.32 Å². The number of hydrogen-bond acceptors (Lipinski definition) is 4. The minimum atomic E-state index is 0.0806. The van der Waals surface area contributed by atoms with Crippen molar-refractivity contribution in [3.05, 3.63) is 31.4 Å². The minimum Gasteiger partial charge on any atom is -0.352 e.